The van der Waals surface area contributed by atoms with Crippen molar-refractivity contribution in [2.45, 2.75) is 46.3 Å². The van der Waals surface area contributed by atoms with Crippen LogP contribution in [0.15, 0.2) is 5.03 Å². The van der Waals surface area contributed by atoms with Gasteiger partial charge in [0.15, 0.2) is 5.03 Å². The average molecular weight is 303 g/mol. The van der Waals surface area contributed by atoms with Crippen LogP contribution in [0.5, 0.6) is 0 Å². The number of aryl methyl sites for hydroxylation is 1. The number of H-pyrrole nitrogens is 1. The minimum absolute atomic E-state index is 0.108. The minimum atomic E-state index is -3.70. The van der Waals surface area contributed by atoms with E-state index in [0.717, 1.165) is 0 Å². The van der Waals surface area contributed by atoms with Crippen molar-refractivity contribution in [1.29, 1.82) is 0 Å². The minimum Gasteiger partial charge on any atom is -0.392 e. The highest BCUT2D eigenvalue weighted by Crippen LogP contribution is 2.21. The Labute approximate surface area is 121 Å². The summed E-state index contributed by atoms with van der Waals surface area (Å²) in [6.45, 7) is 10.0. The third-order valence-corrected chi connectivity index (χ3v) is 5.06. The summed E-state index contributed by atoms with van der Waals surface area (Å²) >= 11 is 0. The fourth-order valence-electron chi connectivity index (χ4n) is 2.35. The Morgan fingerprint density at radius 1 is 1.25 bits per heavy atom. The Balaban J connectivity index is 2.90. The maximum atomic E-state index is 12.3. The number of aliphatic hydroxyl groups is 1. The lowest BCUT2D eigenvalue weighted by Crippen LogP contribution is -2.34. The lowest BCUT2D eigenvalue weighted by atomic mass is 9.86. The molecule has 6 nitrogen and oxygen atoms in total. The molecule has 0 fully saturated rings. The zero-order valence-corrected chi connectivity index (χ0v) is 13.6. The number of aromatic nitrogens is 2. The molecule has 0 bridgehead atoms. The highest BCUT2D eigenvalue weighted by molar-refractivity contribution is 7.89. The number of nitrogens with zero attached hydrogens (tertiary/aromatic N) is 1. The molecular formula is C13H25N3O3S. The SMILES string of the molecule is Cc1[nH]nc(S(=O)(=O)NCC(C(C)C)C(C)C)c1CO. The molecular weight excluding hydrogens is 278 g/mol. The van der Waals surface area contributed by atoms with Crippen LogP contribution in [-0.2, 0) is 16.6 Å². The van der Waals surface area contributed by atoms with Crippen molar-refractivity contribution in [3.63, 3.8) is 0 Å². The van der Waals surface area contributed by atoms with Gasteiger partial charge in [0, 0.05) is 17.8 Å². The Hall–Kier alpha value is -0.920. The lowest BCUT2D eigenvalue weighted by molar-refractivity contribution is 0.277. The molecule has 1 heterocycles. The van der Waals surface area contributed by atoms with Crippen LogP contribution in [0.2, 0.25) is 0 Å². The standard InChI is InChI=1S/C13H25N3O3S/c1-8(2)11(9(3)4)6-14-20(18,19)13-12(7-17)10(5)15-16-13/h8-9,11,14,17H,6-7H2,1-5H3,(H,15,16). The first-order valence-electron chi connectivity index (χ1n) is 6.85. The van der Waals surface area contributed by atoms with Gasteiger partial charge in [-0.3, -0.25) is 5.10 Å². The van der Waals surface area contributed by atoms with Crippen LogP contribution in [0.25, 0.3) is 0 Å². The van der Waals surface area contributed by atoms with E-state index in [2.05, 4.69) is 42.6 Å². The van der Waals surface area contributed by atoms with E-state index in [-0.39, 0.29) is 17.6 Å². The molecule has 0 aromatic carbocycles. The van der Waals surface area contributed by atoms with Gasteiger partial charge in [0.05, 0.1) is 6.61 Å². The predicted molar refractivity (Wildman–Crippen MR) is 77.6 cm³/mol. The molecule has 20 heavy (non-hydrogen) atoms. The summed E-state index contributed by atoms with van der Waals surface area (Å²) in [7, 11) is -3.70. The van der Waals surface area contributed by atoms with Crippen molar-refractivity contribution in [1.82, 2.24) is 14.9 Å². The molecule has 0 aliphatic heterocycles. The fraction of sp³-hybridized carbons (Fsp3) is 0.769. The fourth-order valence-corrected chi connectivity index (χ4v) is 3.61. The van der Waals surface area contributed by atoms with E-state index in [1.165, 1.54) is 0 Å². The van der Waals surface area contributed by atoms with Crippen LogP contribution in [0.3, 0.4) is 0 Å². The van der Waals surface area contributed by atoms with Gasteiger partial charge in [0.2, 0.25) is 0 Å². The first-order chi connectivity index (χ1) is 9.20. The van der Waals surface area contributed by atoms with Crippen molar-refractivity contribution in [2.24, 2.45) is 17.8 Å². The first kappa shape index (κ1) is 17.1. The van der Waals surface area contributed by atoms with Gasteiger partial charge in [-0.2, -0.15) is 5.10 Å². The van der Waals surface area contributed by atoms with Gasteiger partial charge < -0.3 is 5.11 Å². The van der Waals surface area contributed by atoms with Gasteiger partial charge >= 0.3 is 0 Å². The Kier molecular flexibility index (Phi) is 5.73. The van der Waals surface area contributed by atoms with Gasteiger partial charge in [-0.15, -0.1) is 0 Å². The molecule has 0 atom stereocenters. The normalized spacial score (nSPS) is 12.8. The van der Waals surface area contributed by atoms with E-state index in [0.29, 0.717) is 29.6 Å². The number of hydrogen-bond acceptors (Lipinski definition) is 4. The van der Waals surface area contributed by atoms with Crippen LogP contribution in [-0.4, -0.2) is 30.3 Å². The molecule has 116 valence electrons. The monoisotopic (exact) mass is 303 g/mol. The molecule has 0 radical (unpaired) electrons. The highest BCUT2D eigenvalue weighted by atomic mass is 32.2. The van der Waals surface area contributed by atoms with Crippen LogP contribution < -0.4 is 4.72 Å². The van der Waals surface area contributed by atoms with Crippen LogP contribution in [0, 0.1) is 24.7 Å². The zero-order chi connectivity index (χ0) is 15.5. The van der Waals surface area contributed by atoms with Crippen LogP contribution >= 0.6 is 0 Å². The molecule has 1 rings (SSSR count). The van der Waals surface area contributed by atoms with E-state index in [4.69, 9.17) is 0 Å². The van der Waals surface area contributed by atoms with Crippen molar-refractivity contribution in [3.8, 4) is 0 Å². The number of nitrogens with one attached hydrogen (secondary N) is 2. The molecule has 3 N–H and O–H groups in total. The second-order valence-corrected chi connectivity index (χ2v) is 7.48. The Morgan fingerprint density at radius 2 is 1.80 bits per heavy atom. The van der Waals surface area contributed by atoms with Crippen LogP contribution in [0.4, 0.5) is 0 Å². The quantitative estimate of drug-likeness (QED) is 0.710. The predicted octanol–water partition coefficient (Wildman–Crippen LogP) is 1.42. The second-order valence-electron chi connectivity index (χ2n) is 5.79. The Bertz CT molecular complexity index is 527. The van der Waals surface area contributed by atoms with E-state index in [1.807, 2.05) is 0 Å². The van der Waals surface area contributed by atoms with Gasteiger partial charge in [-0.25, -0.2) is 13.1 Å². The van der Waals surface area contributed by atoms with Crippen molar-refractivity contribution >= 4 is 10.0 Å². The summed E-state index contributed by atoms with van der Waals surface area (Å²) in [6, 6.07) is 0. The number of hydrogen-bond donors (Lipinski definition) is 3. The van der Waals surface area contributed by atoms with Crippen molar-refractivity contribution < 1.29 is 13.5 Å². The average Bonchev–Trinajstić information content (AvgIpc) is 2.70. The second kappa shape index (κ2) is 6.69. The molecule has 0 amide bonds. The largest absolute Gasteiger partial charge is 0.392 e. The molecule has 0 aliphatic carbocycles. The third-order valence-electron chi connectivity index (χ3n) is 3.67. The summed E-state index contributed by atoms with van der Waals surface area (Å²) in [5.41, 5.74) is 0.889. The molecule has 1 aromatic rings. The maximum absolute atomic E-state index is 12.3. The zero-order valence-electron chi connectivity index (χ0n) is 12.8. The molecule has 0 saturated heterocycles. The third kappa shape index (κ3) is 3.80. The van der Waals surface area contributed by atoms with E-state index in [9.17, 15) is 13.5 Å². The van der Waals surface area contributed by atoms with Gasteiger partial charge in [-0.05, 0) is 24.7 Å². The Morgan fingerprint density at radius 3 is 2.25 bits per heavy atom. The van der Waals surface area contributed by atoms with Crippen molar-refractivity contribution in [2.75, 3.05) is 6.54 Å². The highest BCUT2D eigenvalue weighted by Gasteiger charge is 2.26. The molecule has 0 aliphatic rings. The number of rotatable bonds is 7. The van der Waals surface area contributed by atoms with Gasteiger partial charge in [0.1, 0.15) is 0 Å². The number of sulfonamides is 1. The summed E-state index contributed by atoms with van der Waals surface area (Å²) in [5, 5.41) is 15.5. The van der Waals surface area contributed by atoms with Gasteiger partial charge in [0.25, 0.3) is 10.0 Å². The molecule has 7 heteroatoms. The van der Waals surface area contributed by atoms with Crippen LogP contribution in [0.1, 0.15) is 39.0 Å². The number of aliphatic hydroxyl groups excluding tert-OH is 1. The molecule has 1 aromatic heterocycles. The molecule has 0 spiro atoms. The summed E-state index contributed by atoms with van der Waals surface area (Å²) in [6.07, 6.45) is 0. The van der Waals surface area contributed by atoms with Gasteiger partial charge in [-0.1, -0.05) is 27.7 Å². The summed E-state index contributed by atoms with van der Waals surface area (Å²) in [4.78, 5) is 0. The maximum Gasteiger partial charge on any atom is 0.260 e. The number of aromatic amines is 1. The first-order valence-corrected chi connectivity index (χ1v) is 8.33. The lowest BCUT2D eigenvalue weighted by Gasteiger charge is -2.24. The summed E-state index contributed by atoms with van der Waals surface area (Å²) < 4.78 is 27.1. The molecule has 0 saturated carbocycles. The van der Waals surface area contributed by atoms with E-state index >= 15 is 0 Å². The molecule has 0 unspecified atom stereocenters. The van der Waals surface area contributed by atoms with E-state index < -0.39 is 10.0 Å². The topological polar surface area (TPSA) is 95.1 Å². The summed E-state index contributed by atoms with van der Waals surface area (Å²) in [5.74, 6) is 1.02. The van der Waals surface area contributed by atoms with Crippen molar-refractivity contribution in [3.05, 3.63) is 11.3 Å². The van der Waals surface area contributed by atoms with E-state index in [1.54, 1.807) is 6.92 Å². The smallest absolute Gasteiger partial charge is 0.260 e.